The first-order valence-electron chi connectivity index (χ1n) is 7.30. The van der Waals surface area contributed by atoms with Gasteiger partial charge in [-0.2, -0.15) is 0 Å². The minimum absolute atomic E-state index is 0.0287. The van der Waals surface area contributed by atoms with Crippen molar-refractivity contribution in [3.8, 4) is 11.1 Å². The first-order chi connectivity index (χ1) is 12.3. The molecule has 3 rings (SSSR count). The van der Waals surface area contributed by atoms with E-state index in [9.17, 15) is 21.6 Å². The first kappa shape index (κ1) is 18.3. The lowest BCUT2D eigenvalue weighted by atomic mass is 10.0. The van der Waals surface area contributed by atoms with Gasteiger partial charge in [-0.15, -0.1) is 0 Å². The molecule has 0 spiro atoms. The van der Waals surface area contributed by atoms with Crippen molar-refractivity contribution in [2.24, 2.45) is 0 Å². The van der Waals surface area contributed by atoms with E-state index in [1.165, 1.54) is 36.4 Å². The molecule has 0 radical (unpaired) electrons. The highest BCUT2D eigenvalue weighted by atomic mass is 35.5. The minimum Gasteiger partial charge on any atom is -0.279 e. The largest absolute Gasteiger partial charge is 0.279 e. The summed E-state index contributed by atoms with van der Waals surface area (Å²) in [4.78, 5) is -0.0574. The van der Waals surface area contributed by atoms with E-state index in [0.717, 1.165) is 12.1 Å². The smallest absolute Gasteiger partial charge is 0.261 e. The van der Waals surface area contributed by atoms with E-state index in [-0.39, 0.29) is 26.7 Å². The lowest BCUT2D eigenvalue weighted by Gasteiger charge is -2.14. The van der Waals surface area contributed by atoms with Crippen molar-refractivity contribution in [2.75, 3.05) is 4.72 Å². The third-order valence-corrected chi connectivity index (χ3v) is 5.28. The molecular formula is C18H11ClF3NO2S. The third kappa shape index (κ3) is 3.68. The van der Waals surface area contributed by atoms with Crippen LogP contribution in [0.2, 0.25) is 5.02 Å². The summed E-state index contributed by atoms with van der Waals surface area (Å²) in [5, 5.41) is -0.150. The summed E-state index contributed by atoms with van der Waals surface area (Å²) in [7, 11) is -4.05. The number of halogens is 4. The summed E-state index contributed by atoms with van der Waals surface area (Å²) in [6.45, 7) is 0. The molecule has 0 aliphatic carbocycles. The third-order valence-electron chi connectivity index (χ3n) is 3.59. The average molecular weight is 398 g/mol. The van der Waals surface area contributed by atoms with Crippen molar-refractivity contribution in [3.05, 3.63) is 83.1 Å². The molecule has 8 heteroatoms. The van der Waals surface area contributed by atoms with Crippen LogP contribution in [0.5, 0.6) is 0 Å². The molecule has 0 saturated heterocycles. The molecule has 0 aromatic heterocycles. The van der Waals surface area contributed by atoms with Crippen molar-refractivity contribution < 1.29 is 21.6 Å². The van der Waals surface area contributed by atoms with E-state index in [1.54, 1.807) is 6.07 Å². The molecule has 0 aliphatic heterocycles. The maximum atomic E-state index is 13.7. The summed E-state index contributed by atoms with van der Waals surface area (Å²) >= 11 is 5.63. The van der Waals surface area contributed by atoms with Crippen LogP contribution in [0.15, 0.2) is 65.6 Å². The summed E-state index contributed by atoms with van der Waals surface area (Å²) < 4.78 is 68.3. The highest BCUT2D eigenvalue weighted by molar-refractivity contribution is 7.92. The van der Waals surface area contributed by atoms with E-state index >= 15 is 0 Å². The second kappa shape index (κ2) is 7.01. The number of nitrogens with one attached hydrogen (secondary N) is 1. The van der Waals surface area contributed by atoms with Gasteiger partial charge in [-0.3, -0.25) is 4.72 Å². The number of sulfonamides is 1. The average Bonchev–Trinajstić information content (AvgIpc) is 2.61. The van der Waals surface area contributed by atoms with Gasteiger partial charge in [0.25, 0.3) is 10.0 Å². The Kier molecular flexibility index (Phi) is 4.93. The monoisotopic (exact) mass is 397 g/mol. The summed E-state index contributed by atoms with van der Waals surface area (Å²) in [6, 6.07) is 12.5. The van der Waals surface area contributed by atoms with Crippen LogP contribution in [0.1, 0.15) is 0 Å². The van der Waals surface area contributed by atoms with Gasteiger partial charge in [0.15, 0.2) is 11.6 Å². The summed E-state index contributed by atoms with van der Waals surface area (Å²) in [5.74, 6) is -3.21. The molecule has 3 nitrogen and oxygen atoms in total. The molecule has 134 valence electrons. The van der Waals surface area contributed by atoms with Crippen LogP contribution in [0.25, 0.3) is 11.1 Å². The molecule has 0 amide bonds. The number of hydrogen-bond donors (Lipinski definition) is 1. The molecule has 1 N–H and O–H groups in total. The summed E-state index contributed by atoms with van der Waals surface area (Å²) in [6.07, 6.45) is 0. The van der Waals surface area contributed by atoms with Gasteiger partial charge in [0, 0.05) is 11.6 Å². The van der Waals surface area contributed by atoms with Crippen LogP contribution >= 0.6 is 11.6 Å². The fourth-order valence-corrected chi connectivity index (χ4v) is 3.55. The summed E-state index contributed by atoms with van der Waals surface area (Å²) in [5.41, 5.74) is -0.120. The maximum absolute atomic E-state index is 13.7. The van der Waals surface area contributed by atoms with Gasteiger partial charge >= 0.3 is 0 Å². The van der Waals surface area contributed by atoms with Crippen LogP contribution in [-0.4, -0.2) is 8.42 Å². The zero-order valence-electron chi connectivity index (χ0n) is 13.0. The number of rotatable bonds is 4. The van der Waals surface area contributed by atoms with Crippen molar-refractivity contribution in [2.45, 2.75) is 4.90 Å². The highest BCUT2D eigenvalue weighted by Crippen LogP contribution is 2.33. The lowest BCUT2D eigenvalue weighted by Crippen LogP contribution is -2.14. The molecule has 0 heterocycles. The van der Waals surface area contributed by atoms with E-state index in [2.05, 4.69) is 4.72 Å². The van der Waals surface area contributed by atoms with Gasteiger partial charge in [-0.25, -0.2) is 21.6 Å². The highest BCUT2D eigenvalue weighted by Gasteiger charge is 2.19. The van der Waals surface area contributed by atoms with Gasteiger partial charge < -0.3 is 0 Å². The number of anilines is 1. The van der Waals surface area contributed by atoms with Gasteiger partial charge in [0.1, 0.15) is 5.82 Å². The van der Waals surface area contributed by atoms with E-state index < -0.39 is 27.5 Å². The van der Waals surface area contributed by atoms with E-state index in [4.69, 9.17) is 11.6 Å². The number of benzene rings is 3. The number of hydrogen-bond acceptors (Lipinski definition) is 2. The zero-order valence-corrected chi connectivity index (χ0v) is 14.6. The standard InChI is InChI=1S/C18H11ClF3NO2S/c19-14-7-6-11(8-15(14)20)13-9-16(21)17(22)10-18(13)23-26(24,25)12-4-2-1-3-5-12/h1-10,23H. The van der Waals surface area contributed by atoms with Crippen molar-refractivity contribution in [1.82, 2.24) is 0 Å². The molecule has 26 heavy (non-hydrogen) atoms. The molecular weight excluding hydrogens is 387 g/mol. The van der Waals surface area contributed by atoms with Crippen molar-refractivity contribution in [3.63, 3.8) is 0 Å². The Labute approximate surface area is 153 Å². The van der Waals surface area contributed by atoms with Crippen LogP contribution in [0.3, 0.4) is 0 Å². The molecule has 3 aromatic rings. The molecule has 3 aromatic carbocycles. The molecule has 0 bridgehead atoms. The van der Waals surface area contributed by atoms with Crippen LogP contribution < -0.4 is 4.72 Å². The van der Waals surface area contributed by atoms with Gasteiger partial charge in [0.05, 0.1) is 15.6 Å². The van der Waals surface area contributed by atoms with Crippen LogP contribution in [0.4, 0.5) is 18.9 Å². The Balaban J connectivity index is 2.12. The Bertz CT molecular complexity index is 1070. The maximum Gasteiger partial charge on any atom is 0.261 e. The normalized spacial score (nSPS) is 11.4. The minimum atomic E-state index is -4.05. The molecule has 0 aliphatic rings. The molecule has 0 saturated carbocycles. The van der Waals surface area contributed by atoms with Gasteiger partial charge in [0.2, 0.25) is 0 Å². The van der Waals surface area contributed by atoms with Crippen LogP contribution in [-0.2, 0) is 10.0 Å². The first-order valence-corrected chi connectivity index (χ1v) is 9.16. The second-order valence-electron chi connectivity index (χ2n) is 5.36. The van der Waals surface area contributed by atoms with Gasteiger partial charge in [-0.05, 0) is 35.9 Å². The Morgan fingerprint density at radius 1 is 0.808 bits per heavy atom. The van der Waals surface area contributed by atoms with E-state index in [1.807, 2.05) is 0 Å². The van der Waals surface area contributed by atoms with Gasteiger partial charge in [-0.1, -0.05) is 35.9 Å². The Hall–Kier alpha value is -2.51. The molecule has 0 atom stereocenters. The predicted octanol–water partition coefficient (Wildman–Crippen LogP) is 5.23. The predicted molar refractivity (Wildman–Crippen MR) is 94.0 cm³/mol. The van der Waals surface area contributed by atoms with Crippen molar-refractivity contribution in [1.29, 1.82) is 0 Å². The lowest BCUT2D eigenvalue weighted by molar-refractivity contribution is 0.509. The SMILES string of the molecule is O=S(=O)(Nc1cc(F)c(F)cc1-c1ccc(Cl)c(F)c1)c1ccccc1. The second-order valence-corrected chi connectivity index (χ2v) is 7.45. The quantitative estimate of drug-likeness (QED) is 0.655. The fourth-order valence-electron chi connectivity index (χ4n) is 2.34. The van der Waals surface area contributed by atoms with E-state index in [0.29, 0.717) is 6.07 Å². The topological polar surface area (TPSA) is 46.2 Å². The fraction of sp³-hybridized carbons (Fsp3) is 0. The Morgan fingerprint density at radius 2 is 1.46 bits per heavy atom. The zero-order chi connectivity index (χ0) is 18.9. The molecule has 0 fully saturated rings. The molecule has 0 unspecified atom stereocenters. The Morgan fingerprint density at radius 3 is 2.12 bits per heavy atom. The van der Waals surface area contributed by atoms with Crippen LogP contribution in [0, 0.1) is 17.5 Å². The van der Waals surface area contributed by atoms with Crippen molar-refractivity contribution >= 4 is 27.3 Å².